The van der Waals surface area contributed by atoms with Crippen molar-refractivity contribution in [3.05, 3.63) is 71.0 Å². The van der Waals surface area contributed by atoms with Crippen molar-refractivity contribution in [1.82, 2.24) is 0 Å². The highest BCUT2D eigenvalue weighted by atomic mass is 19.1. The first kappa shape index (κ1) is 12.8. The fourth-order valence-corrected chi connectivity index (χ4v) is 1.94. The molecular formula is C16H17FO. The Morgan fingerprint density at radius 1 is 0.944 bits per heavy atom. The van der Waals surface area contributed by atoms with Crippen LogP contribution in [-0.4, -0.2) is 5.11 Å². The number of aryl methyl sites for hydroxylation is 1. The van der Waals surface area contributed by atoms with Gasteiger partial charge in [0.25, 0.3) is 0 Å². The molecule has 0 aromatic heterocycles. The fraction of sp³-hybridized carbons (Fsp3) is 0.250. The van der Waals surface area contributed by atoms with Gasteiger partial charge in [-0.1, -0.05) is 43.3 Å². The van der Waals surface area contributed by atoms with Gasteiger partial charge in [0.15, 0.2) is 0 Å². The van der Waals surface area contributed by atoms with Gasteiger partial charge >= 0.3 is 0 Å². The molecule has 2 rings (SSSR count). The topological polar surface area (TPSA) is 20.2 Å². The van der Waals surface area contributed by atoms with Crippen LogP contribution in [-0.2, 0) is 12.8 Å². The standard InChI is InChI=1S/C16H17FO/c1-2-12-3-7-14(8-4-12)16(18)11-13-5-9-15(17)10-6-13/h3-10,16,18H,2,11H2,1H3. The van der Waals surface area contributed by atoms with Crippen LogP contribution < -0.4 is 0 Å². The molecule has 0 spiro atoms. The molecule has 1 nitrogen and oxygen atoms in total. The van der Waals surface area contributed by atoms with Crippen molar-refractivity contribution in [1.29, 1.82) is 0 Å². The van der Waals surface area contributed by atoms with Crippen LogP contribution in [0.4, 0.5) is 4.39 Å². The summed E-state index contributed by atoms with van der Waals surface area (Å²) in [4.78, 5) is 0. The SMILES string of the molecule is CCc1ccc(C(O)Cc2ccc(F)cc2)cc1. The predicted molar refractivity (Wildman–Crippen MR) is 70.9 cm³/mol. The normalized spacial score (nSPS) is 12.4. The van der Waals surface area contributed by atoms with Crippen LogP contribution >= 0.6 is 0 Å². The average Bonchev–Trinajstić information content (AvgIpc) is 2.41. The number of aliphatic hydroxyl groups is 1. The van der Waals surface area contributed by atoms with E-state index in [-0.39, 0.29) is 5.82 Å². The Morgan fingerprint density at radius 3 is 2.06 bits per heavy atom. The first-order chi connectivity index (χ1) is 8.69. The summed E-state index contributed by atoms with van der Waals surface area (Å²) in [5, 5.41) is 10.1. The van der Waals surface area contributed by atoms with Gasteiger partial charge in [-0.3, -0.25) is 0 Å². The van der Waals surface area contributed by atoms with Crippen molar-refractivity contribution in [2.75, 3.05) is 0 Å². The molecule has 0 amide bonds. The summed E-state index contributed by atoms with van der Waals surface area (Å²) in [6, 6.07) is 14.2. The summed E-state index contributed by atoms with van der Waals surface area (Å²) in [6.07, 6.45) is 0.960. The van der Waals surface area contributed by atoms with Crippen molar-refractivity contribution in [3.63, 3.8) is 0 Å². The second-order valence-electron chi connectivity index (χ2n) is 4.44. The average molecular weight is 244 g/mol. The van der Waals surface area contributed by atoms with Gasteiger partial charge in [-0.15, -0.1) is 0 Å². The molecule has 0 saturated heterocycles. The van der Waals surface area contributed by atoms with E-state index < -0.39 is 6.10 Å². The van der Waals surface area contributed by atoms with Crippen molar-refractivity contribution in [3.8, 4) is 0 Å². The molecule has 94 valence electrons. The first-order valence-corrected chi connectivity index (χ1v) is 6.20. The zero-order chi connectivity index (χ0) is 13.0. The van der Waals surface area contributed by atoms with E-state index in [2.05, 4.69) is 6.92 Å². The van der Waals surface area contributed by atoms with E-state index in [9.17, 15) is 9.50 Å². The second kappa shape index (κ2) is 5.78. The molecular weight excluding hydrogens is 227 g/mol. The fourth-order valence-electron chi connectivity index (χ4n) is 1.94. The zero-order valence-electron chi connectivity index (χ0n) is 10.4. The van der Waals surface area contributed by atoms with E-state index in [0.717, 1.165) is 17.5 Å². The minimum atomic E-state index is -0.540. The maximum Gasteiger partial charge on any atom is 0.123 e. The second-order valence-corrected chi connectivity index (χ2v) is 4.44. The van der Waals surface area contributed by atoms with Gasteiger partial charge in [0.1, 0.15) is 5.82 Å². The van der Waals surface area contributed by atoms with E-state index in [1.54, 1.807) is 12.1 Å². The molecule has 0 saturated carbocycles. The molecule has 1 atom stereocenters. The Balaban J connectivity index is 2.06. The Bertz CT molecular complexity index is 488. The summed E-state index contributed by atoms with van der Waals surface area (Å²) in [7, 11) is 0. The summed E-state index contributed by atoms with van der Waals surface area (Å²) >= 11 is 0. The Morgan fingerprint density at radius 2 is 1.50 bits per heavy atom. The lowest BCUT2D eigenvalue weighted by molar-refractivity contribution is 0.178. The lowest BCUT2D eigenvalue weighted by Gasteiger charge is -2.11. The van der Waals surface area contributed by atoms with E-state index in [0.29, 0.717) is 6.42 Å². The maximum absolute atomic E-state index is 12.8. The quantitative estimate of drug-likeness (QED) is 0.870. The van der Waals surface area contributed by atoms with Crippen LogP contribution in [0.5, 0.6) is 0 Å². The number of hydrogen-bond donors (Lipinski definition) is 1. The van der Waals surface area contributed by atoms with Crippen molar-refractivity contribution < 1.29 is 9.50 Å². The molecule has 2 aromatic carbocycles. The molecule has 0 radical (unpaired) electrons. The summed E-state index contributed by atoms with van der Waals surface area (Å²) in [6.45, 7) is 2.10. The lowest BCUT2D eigenvalue weighted by atomic mass is 10.00. The van der Waals surface area contributed by atoms with Crippen LogP contribution in [0.2, 0.25) is 0 Å². The van der Waals surface area contributed by atoms with Gasteiger partial charge in [-0.25, -0.2) is 4.39 Å². The molecule has 0 heterocycles. The minimum absolute atomic E-state index is 0.250. The third kappa shape index (κ3) is 3.17. The molecule has 0 fully saturated rings. The predicted octanol–water partition coefficient (Wildman–Crippen LogP) is 3.66. The maximum atomic E-state index is 12.8. The number of halogens is 1. The van der Waals surface area contributed by atoms with E-state index >= 15 is 0 Å². The Hall–Kier alpha value is -1.67. The smallest absolute Gasteiger partial charge is 0.123 e. The van der Waals surface area contributed by atoms with Crippen molar-refractivity contribution in [2.45, 2.75) is 25.9 Å². The molecule has 18 heavy (non-hydrogen) atoms. The third-order valence-corrected chi connectivity index (χ3v) is 3.12. The monoisotopic (exact) mass is 244 g/mol. The summed E-state index contributed by atoms with van der Waals surface area (Å²) < 4.78 is 12.8. The largest absolute Gasteiger partial charge is 0.388 e. The van der Waals surface area contributed by atoms with E-state index in [4.69, 9.17) is 0 Å². The number of rotatable bonds is 4. The molecule has 2 aromatic rings. The number of benzene rings is 2. The van der Waals surface area contributed by atoms with Crippen LogP contribution in [0.25, 0.3) is 0 Å². The van der Waals surface area contributed by atoms with Crippen LogP contribution in [0.3, 0.4) is 0 Å². The van der Waals surface area contributed by atoms with Gasteiger partial charge in [-0.2, -0.15) is 0 Å². The van der Waals surface area contributed by atoms with E-state index in [1.807, 2.05) is 24.3 Å². The van der Waals surface area contributed by atoms with Crippen LogP contribution in [0, 0.1) is 5.82 Å². The van der Waals surface area contributed by atoms with Gasteiger partial charge < -0.3 is 5.11 Å². The molecule has 0 aliphatic heterocycles. The molecule has 0 bridgehead atoms. The van der Waals surface area contributed by atoms with E-state index in [1.165, 1.54) is 17.7 Å². The van der Waals surface area contributed by atoms with Gasteiger partial charge in [0.05, 0.1) is 6.10 Å². The molecule has 1 N–H and O–H groups in total. The number of aliphatic hydroxyl groups excluding tert-OH is 1. The highest BCUT2D eigenvalue weighted by molar-refractivity contribution is 5.26. The third-order valence-electron chi connectivity index (χ3n) is 3.12. The van der Waals surface area contributed by atoms with Crippen molar-refractivity contribution in [2.24, 2.45) is 0 Å². The van der Waals surface area contributed by atoms with Gasteiger partial charge in [-0.05, 0) is 35.2 Å². The number of hydrogen-bond acceptors (Lipinski definition) is 1. The molecule has 1 unspecified atom stereocenters. The first-order valence-electron chi connectivity index (χ1n) is 6.20. The zero-order valence-corrected chi connectivity index (χ0v) is 10.4. The molecule has 2 heteroatoms. The van der Waals surface area contributed by atoms with Crippen LogP contribution in [0.15, 0.2) is 48.5 Å². The summed E-state index contributed by atoms with van der Waals surface area (Å²) in [5.41, 5.74) is 3.09. The van der Waals surface area contributed by atoms with Crippen molar-refractivity contribution >= 4 is 0 Å². The Kier molecular flexibility index (Phi) is 4.11. The highest BCUT2D eigenvalue weighted by Crippen LogP contribution is 2.19. The minimum Gasteiger partial charge on any atom is -0.388 e. The Labute approximate surface area is 107 Å². The van der Waals surface area contributed by atoms with Gasteiger partial charge in [0, 0.05) is 6.42 Å². The lowest BCUT2D eigenvalue weighted by Crippen LogP contribution is -2.02. The van der Waals surface area contributed by atoms with Crippen LogP contribution in [0.1, 0.15) is 29.7 Å². The highest BCUT2D eigenvalue weighted by Gasteiger charge is 2.08. The van der Waals surface area contributed by atoms with Gasteiger partial charge in [0.2, 0.25) is 0 Å². The molecule has 0 aliphatic carbocycles. The summed E-state index contributed by atoms with van der Waals surface area (Å²) in [5.74, 6) is -0.250. The molecule has 0 aliphatic rings.